The number of hydrogen-bond acceptors (Lipinski definition) is 0. The van der Waals surface area contributed by atoms with Crippen LogP contribution in [-0.4, -0.2) is 9.52 Å². The largest absolute Gasteiger partial charge is 0.416 e. The molecule has 2 aromatic rings. The van der Waals surface area contributed by atoms with Crippen molar-refractivity contribution in [1.82, 2.24) is 0 Å². The van der Waals surface area contributed by atoms with E-state index < -0.39 is 21.3 Å². The van der Waals surface area contributed by atoms with Gasteiger partial charge in [0.25, 0.3) is 0 Å². The molecule has 0 saturated carbocycles. The molecular formula is C15H15F3Si. The van der Waals surface area contributed by atoms with E-state index >= 15 is 0 Å². The molecule has 0 fully saturated rings. The van der Waals surface area contributed by atoms with E-state index in [0.29, 0.717) is 0 Å². The maximum Gasteiger partial charge on any atom is 0.416 e. The summed E-state index contributed by atoms with van der Waals surface area (Å²) in [6.07, 6.45) is -4.26. The average Bonchev–Trinajstić information content (AvgIpc) is 2.39. The van der Waals surface area contributed by atoms with Crippen molar-refractivity contribution in [3.63, 3.8) is 0 Å². The van der Waals surface area contributed by atoms with Crippen molar-refractivity contribution in [3.8, 4) is 0 Å². The maximum absolute atomic E-state index is 12.7. The maximum atomic E-state index is 12.7. The van der Waals surface area contributed by atoms with Gasteiger partial charge in [-0.15, -0.1) is 0 Å². The van der Waals surface area contributed by atoms with Gasteiger partial charge >= 0.3 is 6.18 Å². The van der Waals surface area contributed by atoms with E-state index in [1.54, 1.807) is 6.07 Å². The molecule has 0 N–H and O–H groups in total. The van der Waals surface area contributed by atoms with Crippen molar-refractivity contribution >= 4 is 14.7 Å². The van der Waals surface area contributed by atoms with E-state index in [2.05, 4.69) is 12.1 Å². The summed E-state index contributed by atoms with van der Waals surface area (Å²) in [5.74, 6) is 0. The van der Waals surface area contributed by atoms with Gasteiger partial charge in [-0.05, 0) is 17.2 Å². The van der Waals surface area contributed by atoms with Crippen LogP contribution in [0.25, 0.3) is 0 Å². The Morgan fingerprint density at radius 1 is 0.947 bits per heavy atom. The number of benzene rings is 2. The van der Waals surface area contributed by atoms with Crippen molar-refractivity contribution in [3.05, 3.63) is 65.7 Å². The van der Waals surface area contributed by atoms with E-state index in [-0.39, 0.29) is 5.54 Å². The molecule has 2 aromatic carbocycles. The molecular weight excluding hydrogens is 265 g/mol. The summed E-state index contributed by atoms with van der Waals surface area (Å²) < 4.78 is 38.0. The van der Waals surface area contributed by atoms with Crippen LogP contribution in [0, 0.1) is 0 Å². The van der Waals surface area contributed by atoms with Crippen molar-refractivity contribution in [2.75, 3.05) is 0 Å². The Hall–Kier alpha value is -1.55. The van der Waals surface area contributed by atoms with Crippen molar-refractivity contribution in [2.24, 2.45) is 0 Å². The average molecular weight is 280 g/mol. The Morgan fingerprint density at radius 2 is 1.63 bits per heavy atom. The quantitative estimate of drug-likeness (QED) is 0.757. The Bertz CT molecular complexity index is 535. The SMILES string of the molecule is CC([SiH2]c1ccccc1)c1cccc(C(F)(F)F)c1. The lowest BCUT2D eigenvalue weighted by Crippen LogP contribution is -2.20. The molecule has 0 spiro atoms. The topological polar surface area (TPSA) is 0 Å². The summed E-state index contributed by atoms with van der Waals surface area (Å²) in [4.78, 5) is 0. The lowest BCUT2D eigenvalue weighted by molar-refractivity contribution is -0.137. The molecule has 0 heterocycles. The van der Waals surface area contributed by atoms with Gasteiger partial charge in [-0.1, -0.05) is 60.6 Å². The predicted octanol–water partition coefficient (Wildman–Crippen LogP) is 3.26. The van der Waals surface area contributed by atoms with E-state index in [9.17, 15) is 13.2 Å². The first kappa shape index (κ1) is 13.9. The molecule has 0 radical (unpaired) electrons. The monoisotopic (exact) mass is 280 g/mol. The summed E-state index contributed by atoms with van der Waals surface area (Å²) in [5, 5.41) is 1.27. The highest BCUT2D eigenvalue weighted by Crippen LogP contribution is 2.30. The van der Waals surface area contributed by atoms with Gasteiger partial charge in [-0.3, -0.25) is 0 Å². The highest BCUT2D eigenvalue weighted by molar-refractivity contribution is 6.54. The first-order valence-electron chi connectivity index (χ1n) is 6.18. The molecule has 0 aliphatic carbocycles. The van der Waals surface area contributed by atoms with E-state index in [0.717, 1.165) is 11.6 Å². The zero-order valence-electron chi connectivity index (χ0n) is 10.6. The Morgan fingerprint density at radius 3 is 2.26 bits per heavy atom. The van der Waals surface area contributed by atoms with Gasteiger partial charge in [0.05, 0.1) is 15.1 Å². The molecule has 1 unspecified atom stereocenters. The second-order valence-corrected chi connectivity index (χ2v) is 7.16. The van der Waals surface area contributed by atoms with Crippen LogP contribution in [0.4, 0.5) is 13.2 Å². The number of rotatable bonds is 3. The van der Waals surface area contributed by atoms with Gasteiger partial charge in [-0.25, -0.2) is 0 Å². The van der Waals surface area contributed by atoms with Crippen LogP contribution < -0.4 is 5.19 Å². The van der Waals surface area contributed by atoms with Crippen LogP contribution in [0.3, 0.4) is 0 Å². The van der Waals surface area contributed by atoms with Gasteiger partial charge in [0, 0.05) is 0 Å². The molecule has 100 valence electrons. The molecule has 0 aliphatic rings. The molecule has 0 bridgehead atoms. The van der Waals surface area contributed by atoms with E-state index in [1.165, 1.54) is 17.3 Å². The summed E-state index contributed by atoms with van der Waals surface area (Å²) in [7, 11) is -0.612. The van der Waals surface area contributed by atoms with Gasteiger partial charge in [0.2, 0.25) is 0 Å². The van der Waals surface area contributed by atoms with Crippen LogP contribution in [0.15, 0.2) is 54.6 Å². The molecule has 0 amide bonds. The van der Waals surface area contributed by atoms with Gasteiger partial charge in [-0.2, -0.15) is 13.2 Å². The summed E-state index contributed by atoms with van der Waals surface area (Å²) >= 11 is 0. The fourth-order valence-electron chi connectivity index (χ4n) is 2.11. The molecule has 19 heavy (non-hydrogen) atoms. The zero-order valence-corrected chi connectivity index (χ0v) is 12.0. The summed E-state index contributed by atoms with van der Waals surface area (Å²) in [6, 6.07) is 15.7. The smallest absolute Gasteiger partial charge is 0.166 e. The number of hydrogen-bond donors (Lipinski definition) is 0. The second-order valence-electron chi connectivity index (χ2n) is 4.71. The predicted molar refractivity (Wildman–Crippen MR) is 74.5 cm³/mol. The van der Waals surface area contributed by atoms with E-state index in [4.69, 9.17) is 0 Å². The van der Waals surface area contributed by atoms with Gasteiger partial charge < -0.3 is 0 Å². The Kier molecular flexibility index (Phi) is 4.10. The fourth-order valence-corrected chi connectivity index (χ4v) is 3.85. The van der Waals surface area contributed by atoms with Crippen LogP contribution in [0.2, 0.25) is 0 Å². The van der Waals surface area contributed by atoms with Gasteiger partial charge in [0.1, 0.15) is 0 Å². The summed E-state index contributed by atoms with van der Waals surface area (Å²) in [6.45, 7) is 2.01. The molecule has 0 aromatic heterocycles. The third-order valence-corrected chi connectivity index (χ3v) is 5.19. The van der Waals surface area contributed by atoms with Crippen LogP contribution in [-0.2, 0) is 6.18 Å². The van der Waals surface area contributed by atoms with Crippen LogP contribution in [0.5, 0.6) is 0 Å². The number of halogens is 3. The second kappa shape index (κ2) is 5.61. The third kappa shape index (κ3) is 3.70. The standard InChI is InChI=1S/C15H15F3Si/c1-11(19-14-8-3-2-4-9-14)12-6-5-7-13(10-12)15(16,17)18/h2-11H,19H2,1H3. The van der Waals surface area contributed by atoms with Crippen LogP contribution >= 0.6 is 0 Å². The summed E-state index contributed by atoms with van der Waals surface area (Å²) in [5.41, 5.74) is 0.425. The molecule has 2 rings (SSSR count). The minimum Gasteiger partial charge on any atom is -0.166 e. The van der Waals surface area contributed by atoms with E-state index in [1.807, 2.05) is 25.1 Å². The van der Waals surface area contributed by atoms with Gasteiger partial charge in [0.15, 0.2) is 0 Å². The highest BCUT2D eigenvalue weighted by atomic mass is 28.2. The lowest BCUT2D eigenvalue weighted by Gasteiger charge is -2.14. The molecule has 1 atom stereocenters. The van der Waals surface area contributed by atoms with Crippen molar-refractivity contribution in [2.45, 2.75) is 18.6 Å². The Labute approximate surface area is 113 Å². The first-order valence-corrected chi connectivity index (χ1v) is 7.70. The normalized spacial score (nSPS) is 13.9. The molecule has 4 heteroatoms. The minimum absolute atomic E-state index is 0.199. The van der Waals surface area contributed by atoms with Crippen molar-refractivity contribution in [1.29, 1.82) is 0 Å². The fraction of sp³-hybridized carbons (Fsp3) is 0.200. The molecule has 0 saturated heterocycles. The minimum atomic E-state index is -4.26. The van der Waals surface area contributed by atoms with Crippen molar-refractivity contribution < 1.29 is 13.2 Å². The first-order chi connectivity index (χ1) is 8.97. The number of alkyl halides is 3. The molecule has 0 aliphatic heterocycles. The lowest BCUT2D eigenvalue weighted by atomic mass is 10.1. The zero-order chi connectivity index (χ0) is 13.9. The third-order valence-electron chi connectivity index (χ3n) is 3.17. The Balaban J connectivity index is 2.18. The highest BCUT2D eigenvalue weighted by Gasteiger charge is 2.30. The van der Waals surface area contributed by atoms with Crippen LogP contribution in [0.1, 0.15) is 23.6 Å². The molecule has 0 nitrogen and oxygen atoms in total.